The molecule has 1 N–H and O–H groups in total. The Morgan fingerprint density at radius 1 is 0.947 bits per heavy atom. The Bertz CT molecular complexity index is 1380. The fourth-order valence-electron chi connectivity index (χ4n) is 4.30. The lowest BCUT2D eigenvalue weighted by molar-refractivity contribution is -0.141. The van der Waals surface area contributed by atoms with Crippen LogP contribution in [0.25, 0.3) is 21.7 Å². The number of carbonyl (C=O) groups is 1. The van der Waals surface area contributed by atoms with Crippen LogP contribution < -0.4 is 5.32 Å². The molecule has 198 valence electrons. The van der Waals surface area contributed by atoms with E-state index in [0.29, 0.717) is 12.1 Å². The summed E-state index contributed by atoms with van der Waals surface area (Å²) >= 11 is 0.780. The smallest absolute Gasteiger partial charge is 0.345 e. The molecule has 0 aliphatic heterocycles. The summed E-state index contributed by atoms with van der Waals surface area (Å²) in [5, 5.41) is 2.94. The second kappa shape index (κ2) is 11.9. The molecule has 8 heteroatoms. The second-order valence-corrected chi connectivity index (χ2v) is 10.00. The number of aromatic nitrogens is 1. The van der Waals surface area contributed by atoms with Gasteiger partial charge in [-0.3, -0.25) is 9.69 Å². The van der Waals surface area contributed by atoms with E-state index in [-0.39, 0.29) is 5.01 Å². The van der Waals surface area contributed by atoms with Crippen LogP contribution in [0.1, 0.15) is 53.3 Å². The highest BCUT2D eigenvalue weighted by molar-refractivity contribution is 7.17. The Labute approximate surface area is 225 Å². The SMILES string of the molecule is CCN(CC)Cc1ccccc1-c1nc(C(F)(F)F)c(C(=O)NC(C)c2cccc(-c3ccccc3)c2)s1. The Balaban J connectivity index is 1.63. The van der Waals surface area contributed by atoms with Crippen LogP contribution in [0.2, 0.25) is 0 Å². The van der Waals surface area contributed by atoms with Crippen molar-refractivity contribution in [1.29, 1.82) is 0 Å². The summed E-state index contributed by atoms with van der Waals surface area (Å²) in [6.45, 7) is 8.05. The molecule has 4 nitrogen and oxygen atoms in total. The van der Waals surface area contributed by atoms with Gasteiger partial charge in [0, 0.05) is 12.1 Å². The van der Waals surface area contributed by atoms with Crippen molar-refractivity contribution in [2.45, 2.75) is 39.5 Å². The maximum atomic E-state index is 14.0. The molecule has 1 atom stereocenters. The van der Waals surface area contributed by atoms with Gasteiger partial charge in [0.05, 0.1) is 6.04 Å². The average Bonchev–Trinajstić information content (AvgIpc) is 3.39. The minimum atomic E-state index is -4.76. The zero-order chi connectivity index (χ0) is 27.3. The van der Waals surface area contributed by atoms with Crippen LogP contribution in [0.3, 0.4) is 0 Å². The number of benzene rings is 3. The fourth-order valence-corrected chi connectivity index (χ4v) is 5.35. The van der Waals surface area contributed by atoms with E-state index in [1.165, 1.54) is 0 Å². The van der Waals surface area contributed by atoms with Crippen molar-refractivity contribution in [3.63, 3.8) is 0 Å². The van der Waals surface area contributed by atoms with E-state index in [9.17, 15) is 18.0 Å². The van der Waals surface area contributed by atoms with Crippen molar-refractivity contribution >= 4 is 17.2 Å². The minimum absolute atomic E-state index is 0.184. The van der Waals surface area contributed by atoms with E-state index in [4.69, 9.17) is 0 Å². The summed E-state index contributed by atoms with van der Waals surface area (Å²) in [5.74, 6) is -0.792. The molecule has 0 saturated carbocycles. The molecule has 3 aromatic carbocycles. The number of amides is 1. The van der Waals surface area contributed by atoms with Gasteiger partial charge in [0.2, 0.25) is 0 Å². The zero-order valence-corrected chi connectivity index (χ0v) is 22.4. The Morgan fingerprint density at radius 3 is 2.29 bits per heavy atom. The van der Waals surface area contributed by atoms with Gasteiger partial charge in [-0.05, 0) is 48.3 Å². The van der Waals surface area contributed by atoms with Crippen molar-refractivity contribution < 1.29 is 18.0 Å². The van der Waals surface area contributed by atoms with E-state index in [1.54, 1.807) is 19.1 Å². The molecule has 0 fully saturated rings. The van der Waals surface area contributed by atoms with Crippen LogP contribution in [-0.4, -0.2) is 28.9 Å². The number of halogens is 3. The average molecular weight is 538 g/mol. The van der Waals surface area contributed by atoms with Gasteiger partial charge >= 0.3 is 6.18 Å². The molecule has 1 unspecified atom stereocenters. The molecule has 4 aromatic rings. The molecule has 1 amide bonds. The third-order valence-corrected chi connectivity index (χ3v) is 7.57. The first-order valence-corrected chi connectivity index (χ1v) is 13.4. The van der Waals surface area contributed by atoms with Crippen LogP contribution in [0.4, 0.5) is 13.2 Å². The van der Waals surface area contributed by atoms with Gasteiger partial charge in [0.15, 0.2) is 5.69 Å². The van der Waals surface area contributed by atoms with Crippen LogP contribution in [-0.2, 0) is 12.7 Å². The number of carbonyl (C=O) groups excluding carboxylic acids is 1. The van der Waals surface area contributed by atoms with Crippen LogP contribution >= 0.6 is 11.3 Å². The summed E-state index contributed by atoms with van der Waals surface area (Å²) < 4.78 is 42.0. The van der Waals surface area contributed by atoms with E-state index in [2.05, 4.69) is 15.2 Å². The normalized spacial score (nSPS) is 12.5. The van der Waals surface area contributed by atoms with Crippen molar-refractivity contribution in [2.75, 3.05) is 13.1 Å². The summed E-state index contributed by atoms with van der Waals surface area (Å²) in [6, 6.07) is 24.2. The number of nitrogens with zero attached hydrogens (tertiary/aromatic N) is 2. The van der Waals surface area contributed by atoms with E-state index < -0.39 is 28.7 Å². The maximum absolute atomic E-state index is 14.0. The number of thiazole rings is 1. The first kappa shape index (κ1) is 27.5. The van der Waals surface area contributed by atoms with Gasteiger partial charge in [-0.2, -0.15) is 13.2 Å². The van der Waals surface area contributed by atoms with E-state index in [0.717, 1.165) is 46.7 Å². The zero-order valence-electron chi connectivity index (χ0n) is 21.5. The summed E-state index contributed by atoms with van der Waals surface area (Å²) in [4.78, 5) is 18.9. The molecule has 38 heavy (non-hydrogen) atoms. The monoisotopic (exact) mass is 537 g/mol. The molecule has 1 heterocycles. The molecule has 0 spiro atoms. The molecule has 0 radical (unpaired) electrons. The van der Waals surface area contributed by atoms with E-state index in [1.807, 2.05) is 80.6 Å². The molecule has 0 aliphatic rings. The fraction of sp³-hybridized carbons (Fsp3) is 0.267. The van der Waals surface area contributed by atoms with Crippen molar-refractivity contribution in [2.24, 2.45) is 0 Å². The third-order valence-electron chi connectivity index (χ3n) is 6.48. The van der Waals surface area contributed by atoms with Crippen molar-refractivity contribution in [1.82, 2.24) is 15.2 Å². The molecular formula is C30H30F3N3OS. The Kier molecular flexibility index (Phi) is 8.64. The molecule has 1 aromatic heterocycles. The lowest BCUT2D eigenvalue weighted by Crippen LogP contribution is -2.28. The summed E-state index contributed by atoms with van der Waals surface area (Å²) in [6.07, 6.45) is -4.76. The number of hydrogen-bond donors (Lipinski definition) is 1. The highest BCUT2D eigenvalue weighted by Crippen LogP contribution is 2.39. The summed E-state index contributed by atoms with van der Waals surface area (Å²) in [7, 11) is 0. The number of rotatable bonds is 9. The number of hydrogen-bond acceptors (Lipinski definition) is 4. The van der Waals surface area contributed by atoms with Gasteiger partial charge in [-0.25, -0.2) is 4.98 Å². The summed E-state index contributed by atoms with van der Waals surface area (Å²) in [5.41, 5.74) is 3.10. The van der Waals surface area contributed by atoms with Gasteiger partial charge < -0.3 is 5.32 Å². The molecule has 0 bridgehead atoms. The standard InChI is InChI=1S/C30H30F3N3OS/c1-4-36(5-2)19-24-14-9-10-17-25(24)29-35-27(30(31,32)33)26(38-29)28(37)34-20(3)22-15-11-16-23(18-22)21-12-7-6-8-13-21/h6-18,20H,4-5,19H2,1-3H3,(H,34,37). The molecule has 4 rings (SSSR count). The lowest BCUT2D eigenvalue weighted by Gasteiger charge is -2.19. The second-order valence-electron chi connectivity index (χ2n) is 9.00. The molecule has 0 saturated heterocycles. The maximum Gasteiger partial charge on any atom is 0.435 e. The largest absolute Gasteiger partial charge is 0.435 e. The first-order valence-electron chi connectivity index (χ1n) is 12.6. The predicted molar refractivity (Wildman–Crippen MR) is 147 cm³/mol. The molecule has 0 aliphatic carbocycles. The van der Waals surface area contributed by atoms with E-state index >= 15 is 0 Å². The van der Waals surface area contributed by atoms with Gasteiger partial charge in [-0.1, -0.05) is 86.6 Å². The van der Waals surface area contributed by atoms with Gasteiger partial charge in [-0.15, -0.1) is 11.3 Å². The Hall–Kier alpha value is -3.49. The highest BCUT2D eigenvalue weighted by atomic mass is 32.1. The minimum Gasteiger partial charge on any atom is -0.345 e. The van der Waals surface area contributed by atoms with Crippen molar-refractivity contribution in [3.05, 3.63) is 101 Å². The van der Waals surface area contributed by atoms with Crippen LogP contribution in [0, 0.1) is 0 Å². The predicted octanol–water partition coefficient (Wildman–Crippen LogP) is 7.83. The van der Waals surface area contributed by atoms with Gasteiger partial charge in [0.1, 0.15) is 9.88 Å². The number of nitrogens with one attached hydrogen (secondary N) is 1. The highest BCUT2D eigenvalue weighted by Gasteiger charge is 2.40. The quantitative estimate of drug-likeness (QED) is 0.237. The molecular weight excluding hydrogens is 507 g/mol. The van der Waals surface area contributed by atoms with Crippen LogP contribution in [0.15, 0.2) is 78.9 Å². The Morgan fingerprint density at radius 2 is 1.61 bits per heavy atom. The topological polar surface area (TPSA) is 45.2 Å². The van der Waals surface area contributed by atoms with Gasteiger partial charge in [0.25, 0.3) is 5.91 Å². The van der Waals surface area contributed by atoms with Crippen molar-refractivity contribution in [3.8, 4) is 21.7 Å². The third kappa shape index (κ3) is 6.31. The first-order chi connectivity index (χ1) is 18.2. The number of alkyl halides is 3. The lowest BCUT2D eigenvalue weighted by atomic mass is 10.00. The van der Waals surface area contributed by atoms with Crippen LogP contribution in [0.5, 0.6) is 0 Å².